The summed E-state index contributed by atoms with van der Waals surface area (Å²) in [4.78, 5) is 0. The third kappa shape index (κ3) is 4.43. The summed E-state index contributed by atoms with van der Waals surface area (Å²) in [5.74, 6) is 2.34. The van der Waals surface area contributed by atoms with Gasteiger partial charge in [-0.3, -0.25) is 0 Å². The van der Waals surface area contributed by atoms with E-state index >= 15 is 0 Å². The van der Waals surface area contributed by atoms with Crippen molar-refractivity contribution in [2.75, 3.05) is 13.2 Å². The Morgan fingerprint density at radius 3 is 1.48 bits per heavy atom. The molecule has 2 N–H and O–H groups in total. The molecule has 0 aliphatic heterocycles. The molecule has 0 saturated heterocycles. The molecule has 4 saturated carbocycles. The van der Waals surface area contributed by atoms with Gasteiger partial charge < -0.3 is 14.9 Å². The minimum atomic E-state index is 0.273. The van der Waals surface area contributed by atoms with E-state index in [2.05, 4.69) is 37.4 Å². The highest BCUT2D eigenvalue weighted by atomic mass is 16.5. The zero-order chi connectivity index (χ0) is 21.9. The smallest absolute Gasteiger partial charge is 0.115 e. The molecule has 0 unspecified atom stereocenters. The minimum Gasteiger partial charge on any atom is -0.508 e. The van der Waals surface area contributed by atoms with Crippen molar-refractivity contribution < 1.29 is 14.9 Å². The molecule has 0 spiro atoms. The van der Waals surface area contributed by atoms with Gasteiger partial charge in [-0.15, -0.1) is 13.2 Å². The van der Waals surface area contributed by atoms with Crippen molar-refractivity contribution in [2.45, 2.75) is 49.4 Å². The second-order valence-corrected chi connectivity index (χ2v) is 9.73. The summed E-state index contributed by atoms with van der Waals surface area (Å²) in [7, 11) is 0. The first kappa shape index (κ1) is 21.7. The molecule has 31 heavy (non-hydrogen) atoms. The summed E-state index contributed by atoms with van der Waals surface area (Å²) in [6, 6.07) is 16.0. The molecule has 4 fully saturated rings. The van der Waals surface area contributed by atoms with Crippen molar-refractivity contribution in [1.82, 2.24) is 0 Å². The van der Waals surface area contributed by atoms with Crippen LogP contribution in [-0.4, -0.2) is 23.4 Å². The SMILES string of the molecule is C=CCOCC=C.Oc1ccc(C23CC4CC(C2)CC(c2ccc(O)cc2)(C4)C3)cc1. The van der Waals surface area contributed by atoms with Gasteiger partial charge in [0.25, 0.3) is 0 Å². The Kier molecular flexibility index (Phi) is 6.24. The van der Waals surface area contributed by atoms with E-state index in [-0.39, 0.29) is 10.8 Å². The largest absolute Gasteiger partial charge is 0.508 e. The Balaban J connectivity index is 0.000000289. The summed E-state index contributed by atoms with van der Waals surface area (Å²) >= 11 is 0. The topological polar surface area (TPSA) is 49.7 Å². The van der Waals surface area contributed by atoms with Crippen LogP contribution in [-0.2, 0) is 15.6 Å². The highest BCUT2D eigenvalue weighted by molar-refractivity contribution is 5.40. The molecule has 4 aliphatic carbocycles. The number of phenols is 2. The number of aromatic hydroxyl groups is 2. The molecule has 0 radical (unpaired) electrons. The van der Waals surface area contributed by atoms with Crippen LogP contribution in [0.3, 0.4) is 0 Å². The second-order valence-electron chi connectivity index (χ2n) is 9.73. The van der Waals surface area contributed by atoms with Gasteiger partial charge >= 0.3 is 0 Å². The fourth-order valence-corrected chi connectivity index (χ4v) is 6.80. The number of hydrogen-bond acceptors (Lipinski definition) is 3. The van der Waals surface area contributed by atoms with E-state index in [1.54, 1.807) is 12.2 Å². The first-order valence-electron chi connectivity index (χ1n) is 11.4. The number of phenolic OH excluding ortho intramolecular Hbond substituents is 2. The van der Waals surface area contributed by atoms with E-state index in [0.717, 1.165) is 11.8 Å². The van der Waals surface area contributed by atoms with Gasteiger partial charge in [0.2, 0.25) is 0 Å². The molecule has 0 aromatic heterocycles. The lowest BCUT2D eigenvalue weighted by atomic mass is 9.42. The van der Waals surface area contributed by atoms with Gasteiger partial charge in [0.1, 0.15) is 11.5 Å². The Hall–Kier alpha value is -2.52. The van der Waals surface area contributed by atoms with Crippen LogP contribution in [0.4, 0.5) is 0 Å². The third-order valence-corrected chi connectivity index (χ3v) is 7.49. The van der Waals surface area contributed by atoms with E-state index < -0.39 is 0 Å². The van der Waals surface area contributed by atoms with Crippen LogP contribution < -0.4 is 0 Å². The molecule has 0 heterocycles. The minimum absolute atomic E-state index is 0.273. The lowest BCUT2D eigenvalue weighted by molar-refractivity contribution is -0.0281. The van der Waals surface area contributed by atoms with Crippen molar-refractivity contribution in [2.24, 2.45) is 11.8 Å². The quantitative estimate of drug-likeness (QED) is 0.430. The van der Waals surface area contributed by atoms with Crippen molar-refractivity contribution in [1.29, 1.82) is 0 Å². The van der Waals surface area contributed by atoms with Crippen molar-refractivity contribution in [3.05, 3.63) is 85.0 Å². The molecule has 0 atom stereocenters. The fourth-order valence-electron chi connectivity index (χ4n) is 6.80. The van der Waals surface area contributed by atoms with Crippen molar-refractivity contribution in [3.63, 3.8) is 0 Å². The first-order valence-corrected chi connectivity index (χ1v) is 11.4. The average molecular weight is 419 g/mol. The Bertz CT molecular complexity index is 811. The van der Waals surface area contributed by atoms with E-state index in [1.165, 1.54) is 49.7 Å². The molecule has 2 aromatic rings. The van der Waals surface area contributed by atoms with Crippen molar-refractivity contribution >= 4 is 0 Å². The number of ether oxygens (including phenoxy) is 1. The molecule has 4 bridgehead atoms. The predicted molar refractivity (Wildman–Crippen MR) is 125 cm³/mol. The van der Waals surface area contributed by atoms with Gasteiger partial charge in [0, 0.05) is 0 Å². The monoisotopic (exact) mass is 418 g/mol. The van der Waals surface area contributed by atoms with Gasteiger partial charge in [-0.1, -0.05) is 36.4 Å². The molecule has 4 aliphatic rings. The van der Waals surface area contributed by atoms with Gasteiger partial charge in [0.05, 0.1) is 13.2 Å². The van der Waals surface area contributed by atoms with E-state index in [4.69, 9.17) is 4.74 Å². The molecular weight excluding hydrogens is 384 g/mol. The van der Waals surface area contributed by atoms with Crippen LogP contribution in [0.15, 0.2) is 73.8 Å². The standard InChI is InChI=1S/C22H24O2.C6H10O/c23-19-5-1-17(2-6-19)21-10-15-9-16(11-21)13-22(12-15,14-21)18-3-7-20(24)8-4-18;1-3-5-7-6-4-2/h1-8,15-16,23-24H,9-14H2;3-4H,1-2,5-6H2. The molecule has 3 heteroatoms. The summed E-state index contributed by atoms with van der Waals surface area (Å²) in [5, 5.41) is 19.3. The molecular formula is C28H34O3. The Morgan fingerprint density at radius 2 is 1.13 bits per heavy atom. The van der Waals surface area contributed by atoms with E-state index in [0.29, 0.717) is 24.7 Å². The van der Waals surface area contributed by atoms with Crippen LogP contribution in [0.25, 0.3) is 0 Å². The lowest BCUT2D eigenvalue weighted by Crippen LogP contribution is -2.55. The van der Waals surface area contributed by atoms with Crippen LogP contribution in [0, 0.1) is 11.8 Å². The lowest BCUT2D eigenvalue weighted by Gasteiger charge is -2.62. The van der Waals surface area contributed by atoms with Crippen LogP contribution in [0.5, 0.6) is 11.5 Å². The third-order valence-electron chi connectivity index (χ3n) is 7.49. The maximum absolute atomic E-state index is 9.67. The number of rotatable bonds is 6. The van der Waals surface area contributed by atoms with E-state index in [1.807, 2.05) is 24.3 Å². The number of benzene rings is 2. The number of hydrogen-bond donors (Lipinski definition) is 2. The predicted octanol–water partition coefficient (Wildman–Crippen LogP) is 6.26. The first-order chi connectivity index (χ1) is 15.0. The van der Waals surface area contributed by atoms with Crippen LogP contribution in [0.1, 0.15) is 49.7 Å². The Morgan fingerprint density at radius 1 is 0.742 bits per heavy atom. The maximum atomic E-state index is 9.67. The maximum Gasteiger partial charge on any atom is 0.115 e. The molecule has 6 rings (SSSR count). The van der Waals surface area contributed by atoms with Crippen LogP contribution >= 0.6 is 0 Å². The van der Waals surface area contributed by atoms with E-state index in [9.17, 15) is 10.2 Å². The second kappa shape index (κ2) is 8.92. The zero-order valence-corrected chi connectivity index (χ0v) is 18.3. The average Bonchev–Trinajstić information content (AvgIpc) is 2.74. The highest BCUT2D eigenvalue weighted by Gasteiger charge is 2.58. The normalized spacial score (nSPS) is 30.3. The van der Waals surface area contributed by atoms with Gasteiger partial charge in [-0.05, 0) is 96.6 Å². The fraction of sp³-hybridized carbons (Fsp3) is 0.429. The highest BCUT2D eigenvalue weighted by Crippen LogP contribution is 2.66. The summed E-state index contributed by atoms with van der Waals surface area (Å²) < 4.78 is 4.90. The molecule has 164 valence electrons. The zero-order valence-electron chi connectivity index (χ0n) is 18.3. The summed E-state index contributed by atoms with van der Waals surface area (Å²) in [6.07, 6.45) is 11.2. The van der Waals surface area contributed by atoms with Gasteiger partial charge in [-0.25, -0.2) is 0 Å². The summed E-state index contributed by atoms with van der Waals surface area (Å²) in [6.45, 7) is 8.18. The summed E-state index contributed by atoms with van der Waals surface area (Å²) in [5.41, 5.74) is 3.38. The van der Waals surface area contributed by atoms with Crippen LogP contribution in [0.2, 0.25) is 0 Å². The van der Waals surface area contributed by atoms with Crippen molar-refractivity contribution in [3.8, 4) is 11.5 Å². The molecule has 2 aromatic carbocycles. The molecule has 3 nitrogen and oxygen atoms in total. The van der Waals surface area contributed by atoms with Gasteiger partial charge in [0.15, 0.2) is 0 Å². The Labute approximate surface area is 186 Å². The molecule has 0 amide bonds. The van der Waals surface area contributed by atoms with Gasteiger partial charge in [-0.2, -0.15) is 0 Å².